The zero-order valence-corrected chi connectivity index (χ0v) is 17.4. The third-order valence-corrected chi connectivity index (χ3v) is 4.59. The van der Waals surface area contributed by atoms with Crippen LogP contribution in [0.15, 0.2) is 60.6 Å². The number of hydrogen-bond acceptors (Lipinski definition) is 3. The van der Waals surface area contributed by atoms with Gasteiger partial charge in [-0.15, -0.1) is 0 Å². The van der Waals surface area contributed by atoms with Crippen molar-refractivity contribution < 1.29 is 9.18 Å². The molecule has 2 aromatic rings. The van der Waals surface area contributed by atoms with Crippen molar-refractivity contribution in [2.75, 3.05) is 12.4 Å². The Kier molecular flexibility index (Phi) is 5.50. The van der Waals surface area contributed by atoms with Crippen LogP contribution in [0.4, 0.5) is 10.1 Å². The molecule has 1 aliphatic rings. The summed E-state index contributed by atoms with van der Waals surface area (Å²) in [5, 5.41) is 4.31. The van der Waals surface area contributed by atoms with Crippen LogP contribution < -0.4 is 10.7 Å². The fraction of sp³-hybridized carbons (Fsp3) is 0.292. The zero-order valence-electron chi connectivity index (χ0n) is 17.4. The third kappa shape index (κ3) is 4.67. The van der Waals surface area contributed by atoms with Gasteiger partial charge >= 0.3 is 0 Å². The van der Waals surface area contributed by atoms with Gasteiger partial charge in [-0.05, 0) is 51.5 Å². The Hall–Kier alpha value is -3.10. The van der Waals surface area contributed by atoms with Gasteiger partial charge in [0.1, 0.15) is 5.83 Å². The van der Waals surface area contributed by atoms with Gasteiger partial charge in [0.15, 0.2) is 5.54 Å². The number of carbonyl (C=O) groups is 1. The molecule has 2 aromatic carbocycles. The van der Waals surface area contributed by atoms with Crippen molar-refractivity contribution in [3.63, 3.8) is 0 Å². The van der Waals surface area contributed by atoms with Crippen LogP contribution in [0.2, 0.25) is 0 Å². The van der Waals surface area contributed by atoms with Gasteiger partial charge in [-0.25, -0.2) is 9.82 Å². The number of hydrogen-bond donors (Lipinski definition) is 2. The summed E-state index contributed by atoms with van der Waals surface area (Å²) in [6, 6.07) is 15.3. The highest BCUT2D eigenvalue weighted by atomic mass is 19.1. The largest absolute Gasteiger partial charge is 0.323 e. The van der Waals surface area contributed by atoms with E-state index in [1.807, 2.05) is 48.5 Å². The van der Waals surface area contributed by atoms with Crippen LogP contribution in [0.3, 0.4) is 0 Å². The lowest BCUT2D eigenvalue weighted by Gasteiger charge is -2.25. The minimum Gasteiger partial charge on any atom is -0.323 e. The predicted molar refractivity (Wildman–Crippen MR) is 115 cm³/mol. The summed E-state index contributed by atoms with van der Waals surface area (Å²) in [5.74, 6) is 5.41. The Morgan fingerprint density at radius 3 is 2.38 bits per heavy atom. The highest BCUT2D eigenvalue weighted by molar-refractivity contribution is 6.02. The number of carbonyl (C=O) groups excluding carboxylic acids is 1. The van der Waals surface area contributed by atoms with Gasteiger partial charge in [-0.2, -0.15) is 0 Å². The van der Waals surface area contributed by atoms with Gasteiger partial charge in [-0.1, -0.05) is 42.2 Å². The number of benzene rings is 2. The molecular weight excluding hydrogens is 365 g/mol. The molecule has 0 saturated carbocycles. The van der Waals surface area contributed by atoms with Crippen LogP contribution in [0, 0.1) is 17.3 Å². The minimum atomic E-state index is -1.44. The number of rotatable bonds is 3. The normalized spacial score (nSPS) is 18.7. The van der Waals surface area contributed by atoms with E-state index in [0.29, 0.717) is 5.69 Å². The average molecular weight is 391 g/mol. The van der Waals surface area contributed by atoms with E-state index in [1.165, 1.54) is 18.1 Å². The molecule has 0 saturated heterocycles. The van der Waals surface area contributed by atoms with Gasteiger partial charge in [0.05, 0.1) is 0 Å². The van der Waals surface area contributed by atoms with Crippen LogP contribution >= 0.6 is 0 Å². The van der Waals surface area contributed by atoms with E-state index < -0.39 is 17.3 Å². The van der Waals surface area contributed by atoms with E-state index in [-0.39, 0.29) is 5.41 Å². The molecule has 1 amide bonds. The quantitative estimate of drug-likeness (QED) is 0.745. The highest BCUT2D eigenvalue weighted by Crippen LogP contribution is 2.31. The van der Waals surface area contributed by atoms with Crippen LogP contribution in [0.5, 0.6) is 0 Å². The molecule has 0 aliphatic carbocycles. The van der Waals surface area contributed by atoms with Gasteiger partial charge in [-0.3, -0.25) is 4.79 Å². The molecule has 0 bridgehead atoms. The van der Waals surface area contributed by atoms with Gasteiger partial charge < -0.3 is 10.3 Å². The van der Waals surface area contributed by atoms with Crippen molar-refractivity contribution in [2.24, 2.45) is 5.41 Å². The van der Waals surface area contributed by atoms with Crippen molar-refractivity contribution in [3.05, 3.63) is 66.1 Å². The number of hydrazine groups is 1. The Bertz CT molecular complexity index is 1010. The summed E-state index contributed by atoms with van der Waals surface area (Å²) in [6.07, 6.45) is 1.27. The first-order valence-corrected chi connectivity index (χ1v) is 9.51. The predicted octanol–water partition coefficient (Wildman–Crippen LogP) is 4.71. The summed E-state index contributed by atoms with van der Waals surface area (Å²) in [4.78, 5) is 12.8. The highest BCUT2D eigenvalue weighted by Gasteiger charge is 2.43. The van der Waals surface area contributed by atoms with E-state index in [0.717, 1.165) is 16.7 Å². The molecule has 0 aromatic heterocycles. The topological polar surface area (TPSA) is 44.4 Å². The Morgan fingerprint density at radius 1 is 1.14 bits per heavy atom. The lowest BCUT2D eigenvalue weighted by molar-refractivity contribution is -0.121. The van der Waals surface area contributed by atoms with Crippen molar-refractivity contribution in [1.82, 2.24) is 10.4 Å². The minimum absolute atomic E-state index is 0.0578. The molecule has 150 valence electrons. The van der Waals surface area contributed by atoms with E-state index in [4.69, 9.17) is 0 Å². The molecule has 2 N–H and O–H groups in total. The van der Waals surface area contributed by atoms with Crippen LogP contribution in [-0.4, -0.2) is 23.5 Å². The van der Waals surface area contributed by atoms with Crippen LogP contribution in [-0.2, 0) is 4.79 Å². The lowest BCUT2D eigenvalue weighted by Crippen LogP contribution is -2.53. The first kappa shape index (κ1) is 20.6. The molecule has 1 aliphatic heterocycles. The number of nitrogens with one attached hydrogen (secondary N) is 2. The summed E-state index contributed by atoms with van der Waals surface area (Å²) < 4.78 is 14.3. The maximum Gasteiger partial charge on any atom is 0.253 e. The van der Waals surface area contributed by atoms with Crippen molar-refractivity contribution in [3.8, 4) is 23.0 Å². The number of anilines is 1. The second kappa shape index (κ2) is 7.73. The molecule has 4 nitrogen and oxygen atoms in total. The second-order valence-electron chi connectivity index (χ2n) is 8.40. The van der Waals surface area contributed by atoms with E-state index >= 15 is 0 Å². The number of para-hydroxylation sites is 1. The number of nitrogens with zero attached hydrogens (tertiary/aromatic N) is 1. The maximum atomic E-state index is 14.3. The average Bonchev–Trinajstić information content (AvgIpc) is 2.93. The van der Waals surface area contributed by atoms with Crippen molar-refractivity contribution >= 4 is 11.6 Å². The smallest absolute Gasteiger partial charge is 0.253 e. The van der Waals surface area contributed by atoms with E-state index in [1.54, 1.807) is 7.05 Å². The Morgan fingerprint density at radius 2 is 1.79 bits per heavy atom. The standard InChI is InChI=1S/C24H26FN3O/c1-23(2,3)15-14-17-10-12-18(13-11-17)19-8-6-7-9-20(19)26-22(29)24(4)21(25)16-28(5)27-24/h6-13,16,27H,1-5H3,(H,26,29). The fourth-order valence-electron chi connectivity index (χ4n) is 2.98. The molecule has 0 fully saturated rings. The first-order chi connectivity index (χ1) is 13.6. The van der Waals surface area contributed by atoms with Crippen molar-refractivity contribution in [2.45, 2.75) is 33.2 Å². The van der Waals surface area contributed by atoms with Gasteiger partial charge in [0.2, 0.25) is 0 Å². The molecule has 1 unspecified atom stereocenters. The SMILES string of the molecule is CN1C=C(F)C(C)(C(=O)Nc2ccccc2-c2ccc(C#CC(C)(C)C)cc2)N1. The van der Waals surface area contributed by atoms with E-state index in [2.05, 4.69) is 43.4 Å². The number of halogens is 1. The summed E-state index contributed by atoms with van der Waals surface area (Å²) >= 11 is 0. The summed E-state index contributed by atoms with van der Waals surface area (Å²) in [5.41, 5.74) is 4.69. The van der Waals surface area contributed by atoms with Gasteiger partial charge in [0.25, 0.3) is 5.91 Å². The second-order valence-corrected chi connectivity index (χ2v) is 8.40. The summed E-state index contributed by atoms with van der Waals surface area (Å²) in [6.45, 7) is 7.73. The lowest BCUT2D eigenvalue weighted by atomic mass is 9.96. The molecule has 1 atom stereocenters. The molecule has 3 rings (SSSR count). The van der Waals surface area contributed by atoms with E-state index in [9.17, 15) is 9.18 Å². The van der Waals surface area contributed by atoms with Crippen LogP contribution in [0.25, 0.3) is 11.1 Å². The fourth-order valence-corrected chi connectivity index (χ4v) is 2.98. The first-order valence-electron chi connectivity index (χ1n) is 9.51. The maximum absolute atomic E-state index is 14.3. The van der Waals surface area contributed by atoms with Crippen molar-refractivity contribution in [1.29, 1.82) is 0 Å². The molecule has 5 heteroatoms. The monoisotopic (exact) mass is 391 g/mol. The Labute approximate surface area is 171 Å². The van der Waals surface area contributed by atoms with Gasteiger partial charge in [0, 0.05) is 35.5 Å². The molecule has 0 spiro atoms. The molecule has 29 heavy (non-hydrogen) atoms. The zero-order chi connectivity index (χ0) is 21.2. The molecular formula is C24H26FN3O. The van der Waals surface area contributed by atoms with Crippen LogP contribution in [0.1, 0.15) is 33.3 Å². The molecule has 1 heterocycles. The summed E-state index contributed by atoms with van der Waals surface area (Å²) in [7, 11) is 1.65. The molecule has 0 radical (unpaired) electrons. The Balaban J connectivity index is 1.85. The third-order valence-electron chi connectivity index (χ3n) is 4.59. The number of amides is 1.